The monoisotopic (exact) mass is 497 g/mol. The molecule has 0 aliphatic heterocycles. The third-order valence-electron chi connectivity index (χ3n) is 5.99. The van der Waals surface area contributed by atoms with Crippen LogP contribution in [0, 0.1) is 5.92 Å². The summed E-state index contributed by atoms with van der Waals surface area (Å²) in [5.41, 5.74) is 1.86. The van der Waals surface area contributed by atoms with Gasteiger partial charge in [-0.15, -0.1) is 4.28 Å². The molecular formula is C26H52NNaO4S. The smallest absolute Gasteiger partial charge is 1.00 e. The number of unbranched alkanes of at least 4 members (excludes halogenated alkanes) is 17. The Kier molecular flexibility index (Phi) is 27.0. The second-order valence-corrected chi connectivity index (χ2v) is 11.0. The first-order valence-electron chi connectivity index (χ1n) is 13.2. The maximum Gasteiger partial charge on any atom is 1.00 e. The van der Waals surface area contributed by atoms with Crippen molar-refractivity contribution in [3.05, 3.63) is 12.7 Å². The Labute approximate surface area is 229 Å². The number of rotatable bonds is 24. The summed E-state index contributed by atoms with van der Waals surface area (Å²) in [4.78, 5) is 11.0. The predicted octanol–water partition coefficient (Wildman–Crippen LogP) is 4.73. The summed E-state index contributed by atoms with van der Waals surface area (Å²) in [6.07, 6.45) is 26.1. The first kappa shape index (κ1) is 35.3. The zero-order valence-corrected chi connectivity index (χ0v) is 24.9. The molecule has 0 bridgehead atoms. The van der Waals surface area contributed by atoms with Crippen LogP contribution in [0.4, 0.5) is 0 Å². The summed E-state index contributed by atoms with van der Waals surface area (Å²) in [6, 6.07) is 0. The summed E-state index contributed by atoms with van der Waals surface area (Å²) in [5, 5.41) is 0. The molecule has 1 unspecified atom stereocenters. The van der Waals surface area contributed by atoms with Crippen LogP contribution in [-0.4, -0.2) is 20.1 Å². The average molecular weight is 498 g/mol. The molecule has 33 heavy (non-hydrogen) atoms. The molecule has 0 fully saturated rings. The van der Waals surface area contributed by atoms with Gasteiger partial charge < -0.3 is 1.43 Å². The Bertz CT molecular complexity index is 561. The van der Waals surface area contributed by atoms with Gasteiger partial charge in [-0.05, 0) is 18.4 Å². The van der Waals surface area contributed by atoms with E-state index in [4.69, 9.17) is 0 Å². The molecule has 0 aromatic carbocycles. The molecule has 0 saturated heterocycles. The van der Waals surface area contributed by atoms with E-state index in [1.54, 1.807) is 0 Å². The van der Waals surface area contributed by atoms with Crippen LogP contribution in [0.15, 0.2) is 12.7 Å². The van der Waals surface area contributed by atoms with E-state index in [1.807, 2.05) is 12.4 Å². The fourth-order valence-corrected chi connectivity index (χ4v) is 5.15. The number of nitrogens with one attached hydrogen (secondary N) is 1. The Morgan fingerprint density at radius 2 is 1.18 bits per heavy atom. The van der Waals surface area contributed by atoms with Crippen LogP contribution in [0.3, 0.4) is 0 Å². The molecule has 0 aliphatic carbocycles. The molecule has 0 aromatic rings. The molecule has 1 N–H and O–H groups in total. The van der Waals surface area contributed by atoms with Crippen molar-refractivity contribution in [2.45, 2.75) is 136 Å². The first-order valence-corrected chi connectivity index (χ1v) is 14.8. The molecule has 1 atom stereocenters. The molecule has 0 aliphatic rings. The number of carbonyl (C=O) groups excluding carboxylic acids is 1. The second kappa shape index (κ2) is 25.2. The SMILES string of the molecule is C=CC(=O)NOS(=O)(=O)CC(C)CCCCCCCCCCCCCCCCCCCC.[H-].[Na+]. The molecule has 7 heteroatoms. The van der Waals surface area contributed by atoms with Gasteiger partial charge in [0.25, 0.3) is 16.0 Å². The van der Waals surface area contributed by atoms with Crippen LogP contribution in [0.2, 0.25) is 0 Å². The van der Waals surface area contributed by atoms with Crippen LogP contribution >= 0.6 is 0 Å². The van der Waals surface area contributed by atoms with Gasteiger partial charge in [-0.1, -0.05) is 136 Å². The van der Waals surface area contributed by atoms with Gasteiger partial charge in [0.05, 0.1) is 5.75 Å². The zero-order valence-electron chi connectivity index (χ0n) is 23.0. The molecule has 1 amide bonds. The Hall–Kier alpha value is 0.120. The van der Waals surface area contributed by atoms with Gasteiger partial charge in [0.1, 0.15) is 0 Å². The Balaban J connectivity index is -0.00000480. The molecule has 0 heterocycles. The van der Waals surface area contributed by atoms with Crippen molar-refractivity contribution in [2.24, 2.45) is 5.92 Å². The fraction of sp³-hybridized carbons (Fsp3) is 0.885. The largest absolute Gasteiger partial charge is 1.00 e. The van der Waals surface area contributed by atoms with Crippen molar-refractivity contribution >= 4 is 16.0 Å². The van der Waals surface area contributed by atoms with Crippen molar-refractivity contribution < 1.29 is 48.5 Å². The minimum Gasteiger partial charge on any atom is -1.00 e. The maximum absolute atomic E-state index is 11.8. The van der Waals surface area contributed by atoms with E-state index in [0.717, 1.165) is 25.3 Å². The van der Waals surface area contributed by atoms with E-state index in [1.165, 1.54) is 103 Å². The standard InChI is InChI=1S/C26H51NO4S.Na.H/c1-4-6-7-8-9-10-11-12-13-14-15-16-17-18-19-20-21-22-23-25(3)24-32(29,30)31-27-26(28)5-2;;/h5,25H,2,4,6-24H2,1,3H3,(H,27,28);;/q;+1;-1. The number of hydroxylamine groups is 1. The minimum absolute atomic E-state index is 0. The van der Waals surface area contributed by atoms with Gasteiger partial charge >= 0.3 is 29.6 Å². The molecular weight excluding hydrogens is 445 g/mol. The van der Waals surface area contributed by atoms with Gasteiger partial charge in [0, 0.05) is 0 Å². The normalized spacial score (nSPS) is 12.2. The Morgan fingerprint density at radius 3 is 1.55 bits per heavy atom. The van der Waals surface area contributed by atoms with Gasteiger partial charge in [-0.25, -0.2) is 5.48 Å². The van der Waals surface area contributed by atoms with E-state index in [9.17, 15) is 13.2 Å². The van der Waals surface area contributed by atoms with E-state index < -0.39 is 16.0 Å². The summed E-state index contributed by atoms with van der Waals surface area (Å²) >= 11 is 0. The molecule has 192 valence electrons. The van der Waals surface area contributed by atoms with Crippen LogP contribution in [0.5, 0.6) is 0 Å². The van der Waals surface area contributed by atoms with Crippen molar-refractivity contribution in [2.75, 3.05) is 5.75 Å². The fourth-order valence-electron chi connectivity index (χ4n) is 4.01. The van der Waals surface area contributed by atoms with Crippen LogP contribution in [0.1, 0.15) is 137 Å². The quantitative estimate of drug-likeness (QED) is 0.0905. The van der Waals surface area contributed by atoms with Gasteiger partial charge in [0.15, 0.2) is 0 Å². The van der Waals surface area contributed by atoms with E-state index in [-0.39, 0.29) is 42.7 Å². The van der Waals surface area contributed by atoms with Gasteiger partial charge in [0.2, 0.25) is 0 Å². The minimum atomic E-state index is -3.74. The van der Waals surface area contributed by atoms with Crippen LogP contribution < -0.4 is 35.0 Å². The van der Waals surface area contributed by atoms with Crippen molar-refractivity contribution in [3.8, 4) is 0 Å². The van der Waals surface area contributed by atoms with E-state index >= 15 is 0 Å². The number of carbonyl (C=O) groups is 1. The van der Waals surface area contributed by atoms with E-state index in [2.05, 4.69) is 17.8 Å². The van der Waals surface area contributed by atoms with E-state index in [0.29, 0.717) is 0 Å². The van der Waals surface area contributed by atoms with Gasteiger partial charge in [-0.2, -0.15) is 8.42 Å². The summed E-state index contributed by atoms with van der Waals surface area (Å²) in [7, 11) is -3.74. The van der Waals surface area contributed by atoms with Crippen LogP contribution in [-0.2, 0) is 19.2 Å². The predicted molar refractivity (Wildman–Crippen MR) is 137 cm³/mol. The Morgan fingerprint density at radius 1 is 0.818 bits per heavy atom. The number of hydrogen-bond donors (Lipinski definition) is 1. The molecule has 5 nitrogen and oxygen atoms in total. The summed E-state index contributed by atoms with van der Waals surface area (Å²) in [6.45, 7) is 7.43. The number of hydrogen-bond acceptors (Lipinski definition) is 4. The third-order valence-corrected chi connectivity index (χ3v) is 7.31. The molecule has 0 aromatic heterocycles. The third kappa shape index (κ3) is 26.6. The van der Waals surface area contributed by atoms with Crippen molar-refractivity contribution in [1.29, 1.82) is 0 Å². The summed E-state index contributed by atoms with van der Waals surface area (Å²) in [5.74, 6) is -0.727. The summed E-state index contributed by atoms with van der Waals surface area (Å²) < 4.78 is 28.1. The zero-order chi connectivity index (χ0) is 23.9. The first-order chi connectivity index (χ1) is 15.4. The molecule has 0 saturated carbocycles. The maximum atomic E-state index is 11.8. The van der Waals surface area contributed by atoms with Crippen LogP contribution in [0.25, 0.3) is 0 Å². The van der Waals surface area contributed by atoms with Crippen molar-refractivity contribution in [3.63, 3.8) is 0 Å². The number of amides is 1. The average Bonchev–Trinajstić information content (AvgIpc) is 2.76. The van der Waals surface area contributed by atoms with Gasteiger partial charge in [-0.3, -0.25) is 4.79 Å². The van der Waals surface area contributed by atoms with Crippen molar-refractivity contribution in [1.82, 2.24) is 5.48 Å². The topological polar surface area (TPSA) is 72.5 Å². The molecule has 0 radical (unpaired) electrons. The molecule has 0 spiro atoms. The second-order valence-electron chi connectivity index (χ2n) is 9.38. The molecule has 0 rings (SSSR count).